The van der Waals surface area contributed by atoms with Crippen molar-refractivity contribution < 1.29 is 23.8 Å². The number of nitrogens with zero attached hydrogens (tertiary/aromatic N) is 1. The second kappa shape index (κ2) is 8.21. The Bertz CT molecular complexity index is 741. The van der Waals surface area contributed by atoms with Crippen molar-refractivity contribution in [3.05, 3.63) is 35.4 Å². The quantitative estimate of drug-likeness (QED) is 0.444. The van der Waals surface area contributed by atoms with Gasteiger partial charge in [-0.25, -0.2) is 13.6 Å². The highest BCUT2D eigenvalue weighted by Crippen LogP contribution is 2.49. The van der Waals surface area contributed by atoms with E-state index in [1.165, 1.54) is 6.07 Å². The molecule has 0 aromatic heterocycles. The highest BCUT2D eigenvalue weighted by atomic mass is 35.5. The zero-order valence-corrected chi connectivity index (χ0v) is 16.2. The molecule has 1 aromatic carbocycles. The Morgan fingerprint density at radius 1 is 1.25 bits per heavy atom. The van der Waals surface area contributed by atoms with E-state index in [4.69, 9.17) is 11.1 Å². The van der Waals surface area contributed by atoms with Crippen molar-refractivity contribution in [3.8, 4) is 0 Å². The van der Waals surface area contributed by atoms with E-state index in [2.05, 4.69) is 0 Å². The first kappa shape index (κ1) is 22.4. The maximum Gasteiger partial charge on any atom is 0.340 e. The van der Waals surface area contributed by atoms with Gasteiger partial charge in [0, 0.05) is 31.8 Å². The van der Waals surface area contributed by atoms with Crippen LogP contribution in [0.5, 0.6) is 0 Å². The number of rotatable bonds is 4. The molecule has 1 saturated heterocycles. The van der Waals surface area contributed by atoms with Gasteiger partial charge in [0.15, 0.2) is 11.6 Å². The largest absolute Gasteiger partial charge is 0.479 e. The van der Waals surface area contributed by atoms with Gasteiger partial charge in [-0.05, 0) is 36.3 Å². The number of aliphatic hydroxyl groups is 1. The lowest BCUT2D eigenvalue weighted by molar-refractivity contribution is -0.167. The molecule has 0 unspecified atom stereocenters. The molecule has 1 aliphatic heterocycles. The first-order valence-electron chi connectivity index (χ1n) is 9.17. The molecule has 1 aromatic rings. The molecular weight excluding hydrogens is 392 g/mol. The molecule has 1 aliphatic carbocycles. The van der Waals surface area contributed by atoms with E-state index in [0.29, 0.717) is 31.5 Å². The average Bonchev–Trinajstić information content (AvgIpc) is 3.01. The number of nitrogens with two attached hydrogens (primary N) is 1. The molecule has 156 valence electrons. The van der Waals surface area contributed by atoms with E-state index in [-0.39, 0.29) is 36.3 Å². The molecule has 2 aliphatic rings. The normalized spacial score (nSPS) is 24.2. The van der Waals surface area contributed by atoms with Crippen LogP contribution < -0.4 is 5.73 Å². The zero-order valence-electron chi connectivity index (χ0n) is 15.4. The Balaban J connectivity index is 0.00000280. The van der Waals surface area contributed by atoms with Gasteiger partial charge in [0.2, 0.25) is 5.92 Å². The molecular formula is C19H26ClF2N3O3. The number of hydrogen-bond donors (Lipinski definition) is 4. The Morgan fingerprint density at radius 2 is 1.86 bits per heavy atom. The summed E-state index contributed by atoms with van der Waals surface area (Å²) in [7, 11) is 0. The lowest BCUT2D eigenvalue weighted by Gasteiger charge is -2.37. The summed E-state index contributed by atoms with van der Waals surface area (Å²) in [5, 5.41) is 28.5. The smallest absolute Gasteiger partial charge is 0.340 e. The van der Waals surface area contributed by atoms with Crippen LogP contribution in [0.15, 0.2) is 24.3 Å². The fraction of sp³-hybridized carbons (Fsp3) is 0.579. The van der Waals surface area contributed by atoms with E-state index in [1.54, 1.807) is 23.1 Å². The van der Waals surface area contributed by atoms with Crippen molar-refractivity contribution in [1.29, 1.82) is 5.41 Å². The summed E-state index contributed by atoms with van der Waals surface area (Å²) < 4.78 is 27.5. The summed E-state index contributed by atoms with van der Waals surface area (Å²) in [4.78, 5) is 13.8. The fourth-order valence-electron chi connectivity index (χ4n) is 4.45. The Hall–Kier alpha value is -1.93. The van der Waals surface area contributed by atoms with Gasteiger partial charge in [-0.3, -0.25) is 5.41 Å². The number of aliphatic carboxylic acids is 1. The van der Waals surface area contributed by atoms with Crippen molar-refractivity contribution in [1.82, 2.24) is 4.90 Å². The molecule has 5 N–H and O–H groups in total. The fourth-order valence-corrected chi connectivity index (χ4v) is 4.45. The number of benzene rings is 1. The van der Waals surface area contributed by atoms with E-state index in [0.717, 1.165) is 0 Å². The summed E-state index contributed by atoms with van der Waals surface area (Å²) in [6.45, 7) is 1.11. The van der Waals surface area contributed by atoms with Gasteiger partial charge >= 0.3 is 5.97 Å². The van der Waals surface area contributed by atoms with Crippen molar-refractivity contribution >= 4 is 24.3 Å². The van der Waals surface area contributed by atoms with Crippen LogP contribution >= 0.6 is 12.4 Å². The second-order valence-corrected chi connectivity index (χ2v) is 7.60. The Kier molecular flexibility index (Phi) is 6.55. The maximum atomic E-state index is 13.7. The van der Waals surface area contributed by atoms with E-state index >= 15 is 0 Å². The number of piperidine rings is 1. The van der Waals surface area contributed by atoms with Crippen molar-refractivity contribution in [3.63, 3.8) is 0 Å². The van der Waals surface area contributed by atoms with Gasteiger partial charge < -0.3 is 20.8 Å². The van der Waals surface area contributed by atoms with Crippen molar-refractivity contribution in [2.75, 3.05) is 13.1 Å². The van der Waals surface area contributed by atoms with Crippen LogP contribution in [0.25, 0.3) is 0 Å². The van der Waals surface area contributed by atoms with Crippen molar-refractivity contribution in [2.24, 2.45) is 11.7 Å². The summed E-state index contributed by atoms with van der Waals surface area (Å²) in [6, 6.07) is 6.70. The molecule has 0 radical (unpaired) electrons. The number of guanidine groups is 1. The summed E-state index contributed by atoms with van der Waals surface area (Å²) >= 11 is 0. The molecule has 3 rings (SSSR count). The Labute approximate surface area is 168 Å². The number of halogens is 3. The first-order valence-corrected chi connectivity index (χ1v) is 9.17. The summed E-state index contributed by atoms with van der Waals surface area (Å²) in [5.41, 5.74) is 4.07. The molecule has 2 atom stereocenters. The van der Waals surface area contributed by atoms with Crippen LogP contribution in [-0.4, -0.2) is 46.1 Å². The minimum Gasteiger partial charge on any atom is -0.479 e. The van der Waals surface area contributed by atoms with Gasteiger partial charge in [-0.15, -0.1) is 12.4 Å². The standard InChI is InChI=1S/C19H25F2N3O3.ClH/c20-18(21)8-5-13(11-18)19(27,16(25)26)15-4-2-1-3-14(15)12-6-9-24(10-7-12)17(22)23;/h1-4,12-13,27H,5-11H2,(H3,22,23)(H,25,26);1H/t13-,19-;/m1./s1. The van der Waals surface area contributed by atoms with Gasteiger partial charge in [-0.1, -0.05) is 24.3 Å². The number of nitrogens with one attached hydrogen (secondary N) is 1. The van der Waals surface area contributed by atoms with Crippen molar-refractivity contribution in [2.45, 2.75) is 49.5 Å². The third kappa shape index (κ3) is 4.07. The minimum atomic E-state index is -2.95. The van der Waals surface area contributed by atoms with Gasteiger partial charge in [-0.2, -0.15) is 0 Å². The van der Waals surface area contributed by atoms with Gasteiger partial charge in [0.1, 0.15) is 0 Å². The van der Waals surface area contributed by atoms with Crippen LogP contribution in [0, 0.1) is 11.3 Å². The highest BCUT2D eigenvalue weighted by Gasteiger charge is 2.54. The summed E-state index contributed by atoms with van der Waals surface area (Å²) in [6.07, 6.45) is 0.215. The number of carboxylic acid groups (broad SMARTS) is 1. The number of carbonyl (C=O) groups is 1. The lowest BCUT2D eigenvalue weighted by Crippen LogP contribution is -2.45. The molecule has 0 bridgehead atoms. The van der Waals surface area contributed by atoms with E-state index in [9.17, 15) is 23.8 Å². The van der Waals surface area contributed by atoms with Gasteiger partial charge in [0.05, 0.1) is 0 Å². The van der Waals surface area contributed by atoms with E-state index < -0.39 is 36.3 Å². The topological polar surface area (TPSA) is 111 Å². The number of alkyl halides is 2. The SMILES string of the molecule is Cl.N=C(N)N1CCC(c2ccccc2[C@@](O)(C(=O)O)[C@@H]2CCC(F)(F)C2)CC1. The monoisotopic (exact) mass is 417 g/mol. The minimum absolute atomic E-state index is 0. The number of likely N-dealkylation sites (tertiary alicyclic amines) is 1. The predicted octanol–water partition coefficient (Wildman–Crippen LogP) is 2.89. The molecule has 0 spiro atoms. The zero-order chi connectivity index (χ0) is 19.8. The van der Waals surface area contributed by atoms with E-state index in [1.807, 2.05) is 0 Å². The molecule has 2 fully saturated rings. The molecule has 28 heavy (non-hydrogen) atoms. The third-order valence-corrected chi connectivity index (χ3v) is 5.97. The second-order valence-electron chi connectivity index (χ2n) is 7.60. The molecule has 1 heterocycles. The van der Waals surface area contributed by atoms with Crippen LogP contribution in [0.1, 0.15) is 49.1 Å². The molecule has 0 amide bonds. The maximum absolute atomic E-state index is 13.7. The molecule has 1 saturated carbocycles. The van der Waals surface area contributed by atoms with Gasteiger partial charge in [0.25, 0.3) is 0 Å². The first-order chi connectivity index (χ1) is 12.6. The number of carboxylic acids is 1. The number of hydrogen-bond acceptors (Lipinski definition) is 3. The summed E-state index contributed by atoms with van der Waals surface area (Å²) in [5.74, 6) is -5.50. The average molecular weight is 418 g/mol. The lowest BCUT2D eigenvalue weighted by atomic mass is 9.74. The third-order valence-electron chi connectivity index (χ3n) is 5.97. The van der Waals surface area contributed by atoms with Crippen LogP contribution in [0.4, 0.5) is 8.78 Å². The molecule has 9 heteroatoms. The van der Waals surface area contributed by atoms with Crippen LogP contribution in [0.3, 0.4) is 0 Å². The highest BCUT2D eigenvalue weighted by molar-refractivity contribution is 5.85. The predicted molar refractivity (Wildman–Crippen MR) is 103 cm³/mol. The Morgan fingerprint density at radius 3 is 2.36 bits per heavy atom. The van der Waals surface area contributed by atoms with Crippen LogP contribution in [-0.2, 0) is 10.4 Å². The van der Waals surface area contributed by atoms with Crippen LogP contribution in [0.2, 0.25) is 0 Å². The molecule has 6 nitrogen and oxygen atoms in total.